The molecule has 2 aromatic carbocycles. The van der Waals surface area contributed by atoms with Crippen molar-refractivity contribution in [3.05, 3.63) is 93.3 Å². The summed E-state index contributed by atoms with van der Waals surface area (Å²) in [6.07, 6.45) is 2.32. The van der Waals surface area contributed by atoms with Gasteiger partial charge in [-0.2, -0.15) is 0 Å². The molecule has 0 saturated carbocycles. The topological polar surface area (TPSA) is 110 Å². The Bertz CT molecular complexity index is 1310. The molecule has 0 radical (unpaired) electrons. The number of nitrogens with zero attached hydrogens (tertiary/aromatic N) is 2. The third-order valence-corrected chi connectivity index (χ3v) is 5.67. The van der Waals surface area contributed by atoms with Crippen LogP contribution in [0, 0.1) is 24.0 Å². The highest BCUT2D eigenvalue weighted by atomic mass is 16.6. The molecule has 0 bridgehead atoms. The Morgan fingerprint density at radius 3 is 2.69 bits per heavy atom. The Balaban J connectivity index is 1.35. The van der Waals surface area contributed by atoms with Crippen molar-refractivity contribution in [2.45, 2.75) is 26.5 Å². The predicted molar refractivity (Wildman–Crippen MR) is 128 cm³/mol. The van der Waals surface area contributed by atoms with Gasteiger partial charge < -0.3 is 18.8 Å². The summed E-state index contributed by atoms with van der Waals surface area (Å²) in [4.78, 5) is 35.1. The SMILES string of the molecule is Cc1cc(C(=O)COC(=O)C=Cc2cccc([N+](=O)[O-])c2)c(C)n1CC1COc2ccccc2O1. The Hall–Kier alpha value is -4.40. The molecule has 4 rings (SSSR count). The first kappa shape index (κ1) is 23.7. The second kappa shape index (κ2) is 10.3. The monoisotopic (exact) mass is 476 g/mol. The number of aryl methyl sites for hydroxylation is 1. The van der Waals surface area contributed by atoms with Crippen LogP contribution in [0.5, 0.6) is 11.5 Å². The molecule has 0 spiro atoms. The quantitative estimate of drug-likeness (QED) is 0.157. The van der Waals surface area contributed by atoms with Gasteiger partial charge in [0.1, 0.15) is 6.61 Å². The second-order valence-corrected chi connectivity index (χ2v) is 8.11. The van der Waals surface area contributed by atoms with Crippen molar-refractivity contribution in [1.29, 1.82) is 0 Å². The van der Waals surface area contributed by atoms with Gasteiger partial charge in [-0.05, 0) is 43.7 Å². The molecule has 1 aliphatic heterocycles. The lowest BCUT2D eigenvalue weighted by molar-refractivity contribution is -0.384. The molecule has 0 saturated heterocycles. The number of hydrogen-bond acceptors (Lipinski definition) is 7. The van der Waals surface area contributed by atoms with Crippen molar-refractivity contribution < 1.29 is 28.7 Å². The molecule has 1 aliphatic rings. The largest absolute Gasteiger partial charge is 0.486 e. The summed E-state index contributed by atoms with van der Waals surface area (Å²) in [5.41, 5.74) is 2.49. The van der Waals surface area contributed by atoms with Crippen molar-refractivity contribution in [2.24, 2.45) is 0 Å². The van der Waals surface area contributed by atoms with Crippen molar-refractivity contribution in [3.8, 4) is 11.5 Å². The number of carbonyl (C=O) groups excluding carboxylic acids is 2. The van der Waals surface area contributed by atoms with E-state index in [0.29, 0.717) is 35.8 Å². The number of para-hydroxylation sites is 2. The van der Waals surface area contributed by atoms with Crippen LogP contribution in [-0.4, -0.2) is 40.6 Å². The van der Waals surface area contributed by atoms with Crippen molar-refractivity contribution in [3.63, 3.8) is 0 Å². The van der Waals surface area contributed by atoms with Gasteiger partial charge in [0, 0.05) is 35.2 Å². The van der Waals surface area contributed by atoms with Crippen LogP contribution < -0.4 is 9.47 Å². The number of rotatable bonds is 8. The molecule has 0 fully saturated rings. The highest BCUT2D eigenvalue weighted by Gasteiger charge is 2.24. The van der Waals surface area contributed by atoms with E-state index >= 15 is 0 Å². The summed E-state index contributed by atoms with van der Waals surface area (Å²) in [5.74, 6) is 0.354. The van der Waals surface area contributed by atoms with Gasteiger partial charge in [-0.25, -0.2) is 4.79 Å². The molecule has 35 heavy (non-hydrogen) atoms. The second-order valence-electron chi connectivity index (χ2n) is 8.11. The Labute approximate surface area is 201 Å². The lowest BCUT2D eigenvalue weighted by atomic mass is 10.1. The maximum atomic E-state index is 12.7. The molecule has 180 valence electrons. The molecule has 2 heterocycles. The zero-order chi connectivity index (χ0) is 24.9. The van der Waals surface area contributed by atoms with Gasteiger partial charge in [0.15, 0.2) is 24.2 Å². The van der Waals surface area contributed by atoms with Crippen LogP contribution >= 0.6 is 0 Å². The number of fused-ring (bicyclic) bond motifs is 1. The Kier molecular flexibility index (Phi) is 6.96. The fraction of sp³-hybridized carbons (Fsp3) is 0.231. The minimum atomic E-state index is -0.718. The van der Waals surface area contributed by atoms with Gasteiger partial charge in [-0.1, -0.05) is 24.3 Å². The van der Waals surface area contributed by atoms with E-state index in [1.165, 1.54) is 24.3 Å². The Morgan fingerprint density at radius 1 is 1.14 bits per heavy atom. The number of non-ortho nitro benzene ring substituents is 1. The number of aromatic nitrogens is 1. The first-order valence-corrected chi connectivity index (χ1v) is 11.0. The summed E-state index contributed by atoms with van der Waals surface area (Å²) in [6, 6.07) is 15.1. The van der Waals surface area contributed by atoms with Crippen molar-refractivity contribution >= 4 is 23.5 Å². The van der Waals surface area contributed by atoms with Crippen LogP contribution in [0.25, 0.3) is 6.08 Å². The predicted octanol–water partition coefficient (Wildman–Crippen LogP) is 4.29. The lowest BCUT2D eigenvalue weighted by Gasteiger charge is -2.27. The summed E-state index contributed by atoms with van der Waals surface area (Å²) in [6.45, 7) is 4.22. The highest BCUT2D eigenvalue weighted by molar-refractivity contribution is 6.00. The smallest absolute Gasteiger partial charge is 0.331 e. The average molecular weight is 476 g/mol. The molecular weight excluding hydrogens is 452 g/mol. The molecule has 0 N–H and O–H groups in total. The normalized spacial score (nSPS) is 14.6. The maximum absolute atomic E-state index is 12.7. The first-order chi connectivity index (χ1) is 16.8. The van der Waals surface area contributed by atoms with Gasteiger partial charge in [0.05, 0.1) is 11.5 Å². The van der Waals surface area contributed by atoms with Crippen LogP contribution in [0.3, 0.4) is 0 Å². The van der Waals surface area contributed by atoms with Gasteiger partial charge in [0.2, 0.25) is 5.78 Å². The van der Waals surface area contributed by atoms with E-state index in [0.717, 1.165) is 17.5 Å². The highest BCUT2D eigenvalue weighted by Crippen LogP contribution is 2.31. The number of benzene rings is 2. The fourth-order valence-electron chi connectivity index (χ4n) is 3.89. The molecule has 0 aliphatic carbocycles. The molecule has 0 amide bonds. The van der Waals surface area contributed by atoms with E-state index in [-0.39, 0.29) is 17.6 Å². The van der Waals surface area contributed by atoms with Crippen LogP contribution in [-0.2, 0) is 16.1 Å². The lowest BCUT2D eigenvalue weighted by Crippen LogP contribution is -2.33. The zero-order valence-corrected chi connectivity index (χ0v) is 19.3. The van der Waals surface area contributed by atoms with E-state index < -0.39 is 17.5 Å². The molecule has 1 atom stereocenters. The molecule has 1 unspecified atom stereocenters. The number of nitro benzene ring substituents is 1. The average Bonchev–Trinajstić information content (AvgIpc) is 3.14. The number of hydrogen-bond donors (Lipinski definition) is 0. The molecule has 3 aromatic rings. The third-order valence-electron chi connectivity index (χ3n) is 5.67. The number of Topliss-reactive ketones (excluding diaryl/α,β-unsaturated/α-hetero) is 1. The van der Waals surface area contributed by atoms with Crippen molar-refractivity contribution in [2.75, 3.05) is 13.2 Å². The van der Waals surface area contributed by atoms with Crippen molar-refractivity contribution in [1.82, 2.24) is 4.57 Å². The van der Waals surface area contributed by atoms with Crippen LogP contribution in [0.2, 0.25) is 0 Å². The fourth-order valence-corrected chi connectivity index (χ4v) is 3.89. The van der Waals surface area contributed by atoms with Crippen LogP contribution in [0.4, 0.5) is 5.69 Å². The summed E-state index contributed by atoms with van der Waals surface area (Å²) in [7, 11) is 0. The summed E-state index contributed by atoms with van der Waals surface area (Å²) >= 11 is 0. The molecule has 9 nitrogen and oxygen atoms in total. The minimum absolute atomic E-state index is 0.0829. The van der Waals surface area contributed by atoms with E-state index in [1.54, 1.807) is 12.1 Å². The molecule has 9 heteroatoms. The summed E-state index contributed by atoms with van der Waals surface area (Å²) < 4.78 is 18.9. The van der Waals surface area contributed by atoms with Gasteiger partial charge >= 0.3 is 5.97 Å². The van der Waals surface area contributed by atoms with Crippen LogP contribution in [0.15, 0.2) is 60.7 Å². The van der Waals surface area contributed by atoms with Gasteiger partial charge in [-0.15, -0.1) is 0 Å². The Morgan fingerprint density at radius 2 is 1.91 bits per heavy atom. The number of carbonyl (C=O) groups is 2. The third kappa shape index (κ3) is 5.57. The number of esters is 1. The number of nitro groups is 1. The number of ether oxygens (including phenoxy) is 3. The molecular formula is C26H24N2O7. The van der Waals surface area contributed by atoms with E-state index in [4.69, 9.17) is 14.2 Å². The first-order valence-electron chi connectivity index (χ1n) is 11.0. The van der Waals surface area contributed by atoms with E-state index in [1.807, 2.05) is 42.7 Å². The summed E-state index contributed by atoms with van der Waals surface area (Å²) in [5, 5.41) is 10.9. The standard InChI is InChI=1S/C26H24N2O7/c1-17-12-22(18(2)27(17)14-21-15-33-24-8-3-4-9-25(24)35-21)23(29)16-34-26(30)11-10-19-6-5-7-20(13-19)28(31)32/h3-13,21H,14-16H2,1-2H3. The van der Waals surface area contributed by atoms with Gasteiger partial charge in [-0.3, -0.25) is 14.9 Å². The number of ketones is 1. The zero-order valence-electron chi connectivity index (χ0n) is 19.3. The van der Waals surface area contributed by atoms with Gasteiger partial charge in [0.25, 0.3) is 5.69 Å². The van der Waals surface area contributed by atoms with E-state index in [9.17, 15) is 19.7 Å². The van der Waals surface area contributed by atoms with E-state index in [2.05, 4.69) is 0 Å². The maximum Gasteiger partial charge on any atom is 0.331 e. The van der Waals surface area contributed by atoms with Crippen LogP contribution in [0.1, 0.15) is 27.3 Å². The minimum Gasteiger partial charge on any atom is -0.486 e. The molecule has 1 aromatic heterocycles.